The third-order valence-corrected chi connectivity index (χ3v) is 5.51. The van der Waals surface area contributed by atoms with Gasteiger partial charge in [-0.1, -0.05) is 63.6 Å². The van der Waals surface area contributed by atoms with Crippen LogP contribution in [-0.2, 0) is 19.6 Å². The molecule has 0 heterocycles. The molecule has 1 N–H and O–H groups in total. The first-order chi connectivity index (χ1) is 12.9. The minimum absolute atomic E-state index is 0.176. The summed E-state index contributed by atoms with van der Waals surface area (Å²) in [6, 6.07) is 8.76. The number of hydrogen-bond acceptors (Lipinski definition) is 5. The Labute approximate surface area is 164 Å². The number of para-hydroxylation sites is 1. The van der Waals surface area contributed by atoms with Crippen molar-refractivity contribution in [3.8, 4) is 5.75 Å². The molecule has 0 aliphatic carbocycles. The number of unbranched alkanes of at least 4 members (excludes halogenated alkanes) is 5. The van der Waals surface area contributed by atoms with Crippen molar-refractivity contribution < 1.29 is 27.2 Å². The van der Waals surface area contributed by atoms with Gasteiger partial charge < -0.3 is 14.2 Å². The molecule has 156 valence electrons. The van der Waals surface area contributed by atoms with E-state index < -0.39 is 21.3 Å². The van der Waals surface area contributed by atoms with Crippen LogP contribution in [0.25, 0.3) is 0 Å². The summed E-state index contributed by atoms with van der Waals surface area (Å²) < 4.78 is 51.5. The molecule has 0 fully saturated rings. The predicted octanol–water partition coefficient (Wildman–Crippen LogP) is 4.80. The Morgan fingerprint density at radius 2 is 1.48 bits per heavy atom. The SMILES string of the molecule is CCCCCCCCC(C(OCC)(OCC)Oc1ccccc1)S(=O)(=O)O. The fourth-order valence-corrected chi connectivity index (χ4v) is 4.04. The van der Waals surface area contributed by atoms with E-state index in [0.29, 0.717) is 12.2 Å². The van der Waals surface area contributed by atoms with Crippen LogP contribution in [0.5, 0.6) is 5.75 Å². The maximum absolute atomic E-state index is 12.2. The zero-order valence-electron chi connectivity index (χ0n) is 16.7. The molecule has 0 saturated carbocycles. The highest BCUT2D eigenvalue weighted by atomic mass is 32.2. The van der Waals surface area contributed by atoms with Gasteiger partial charge in [0.25, 0.3) is 10.1 Å². The van der Waals surface area contributed by atoms with Crippen molar-refractivity contribution >= 4 is 10.1 Å². The van der Waals surface area contributed by atoms with Gasteiger partial charge in [-0.25, -0.2) is 0 Å². The summed E-state index contributed by atoms with van der Waals surface area (Å²) in [5, 5.41) is -1.34. The first kappa shape index (κ1) is 23.9. The van der Waals surface area contributed by atoms with Gasteiger partial charge in [-0.3, -0.25) is 4.55 Å². The lowest BCUT2D eigenvalue weighted by molar-refractivity contribution is -0.341. The molecule has 0 aromatic heterocycles. The van der Waals surface area contributed by atoms with Crippen molar-refractivity contribution in [2.75, 3.05) is 13.2 Å². The lowest BCUT2D eigenvalue weighted by atomic mass is 10.1. The van der Waals surface area contributed by atoms with Crippen molar-refractivity contribution in [1.82, 2.24) is 0 Å². The van der Waals surface area contributed by atoms with Gasteiger partial charge in [0.2, 0.25) is 0 Å². The molecule has 0 radical (unpaired) electrons. The smallest absolute Gasteiger partial charge is 0.347 e. The van der Waals surface area contributed by atoms with Crippen LogP contribution in [0.1, 0.15) is 65.7 Å². The molecule has 0 aliphatic rings. The third kappa shape index (κ3) is 8.17. The Morgan fingerprint density at radius 1 is 0.926 bits per heavy atom. The molecule has 1 unspecified atom stereocenters. The summed E-state index contributed by atoms with van der Waals surface area (Å²) >= 11 is 0. The molecular formula is C20H34O6S. The molecule has 1 rings (SSSR count). The average molecular weight is 403 g/mol. The van der Waals surface area contributed by atoms with E-state index in [1.54, 1.807) is 38.1 Å². The van der Waals surface area contributed by atoms with Crippen molar-refractivity contribution in [2.45, 2.75) is 76.9 Å². The fraction of sp³-hybridized carbons (Fsp3) is 0.700. The van der Waals surface area contributed by atoms with Crippen LogP contribution in [-0.4, -0.2) is 37.4 Å². The topological polar surface area (TPSA) is 82.1 Å². The monoisotopic (exact) mass is 402 g/mol. The largest absolute Gasteiger partial charge is 0.438 e. The van der Waals surface area contributed by atoms with E-state index in [1.165, 1.54) is 6.42 Å². The van der Waals surface area contributed by atoms with Gasteiger partial charge >= 0.3 is 5.97 Å². The quantitative estimate of drug-likeness (QED) is 0.258. The molecule has 1 aromatic rings. The van der Waals surface area contributed by atoms with Gasteiger partial charge in [0, 0.05) is 0 Å². The van der Waals surface area contributed by atoms with E-state index in [9.17, 15) is 13.0 Å². The van der Waals surface area contributed by atoms with Crippen molar-refractivity contribution in [1.29, 1.82) is 0 Å². The second-order valence-corrected chi connectivity index (χ2v) is 8.04. The Kier molecular flexibility index (Phi) is 10.9. The standard InChI is InChI=1S/C20H34O6S/c1-4-7-8-9-10-14-17-19(27(21,22)23)20(24-5-2,25-6-3)26-18-15-12-11-13-16-18/h11-13,15-16,19H,4-10,14,17H2,1-3H3,(H,21,22,23). The average Bonchev–Trinajstić information content (AvgIpc) is 2.61. The Hall–Kier alpha value is -1.15. The van der Waals surface area contributed by atoms with Gasteiger partial charge in [0.1, 0.15) is 5.75 Å². The van der Waals surface area contributed by atoms with E-state index in [0.717, 1.165) is 25.7 Å². The van der Waals surface area contributed by atoms with Gasteiger partial charge in [-0.05, 0) is 32.4 Å². The maximum atomic E-state index is 12.2. The first-order valence-corrected chi connectivity index (χ1v) is 11.4. The van der Waals surface area contributed by atoms with Crippen LogP contribution >= 0.6 is 0 Å². The van der Waals surface area contributed by atoms with E-state index in [-0.39, 0.29) is 19.6 Å². The van der Waals surface area contributed by atoms with E-state index in [1.807, 2.05) is 6.07 Å². The zero-order chi connectivity index (χ0) is 20.2. The lowest BCUT2D eigenvalue weighted by Gasteiger charge is -2.37. The Balaban J connectivity index is 3.02. The highest BCUT2D eigenvalue weighted by Crippen LogP contribution is 2.31. The third-order valence-electron chi connectivity index (χ3n) is 4.27. The molecule has 0 spiro atoms. The van der Waals surface area contributed by atoms with E-state index >= 15 is 0 Å². The molecule has 6 nitrogen and oxygen atoms in total. The fourth-order valence-electron chi connectivity index (χ4n) is 3.03. The van der Waals surface area contributed by atoms with E-state index in [4.69, 9.17) is 14.2 Å². The zero-order valence-corrected chi connectivity index (χ0v) is 17.5. The summed E-state index contributed by atoms with van der Waals surface area (Å²) in [7, 11) is -4.46. The summed E-state index contributed by atoms with van der Waals surface area (Å²) in [5.74, 6) is -1.47. The predicted molar refractivity (Wildman–Crippen MR) is 106 cm³/mol. The molecule has 0 bridgehead atoms. The molecule has 0 saturated heterocycles. The van der Waals surface area contributed by atoms with Crippen LogP contribution in [0.3, 0.4) is 0 Å². The highest BCUT2D eigenvalue weighted by molar-refractivity contribution is 7.86. The second-order valence-electron chi connectivity index (χ2n) is 6.44. The van der Waals surface area contributed by atoms with Crippen molar-refractivity contribution in [2.24, 2.45) is 0 Å². The van der Waals surface area contributed by atoms with E-state index in [2.05, 4.69) is 6.92 Å². The van der Waals surface area contributed by atoms with Crippen LogP contribution in [0, 0.1) is 0 Å². The number of hydrogen-bond donors (Lipinski definition) is 1. The Bertz CT molecular complexity index is 596. The van der Waals surface area contributed by atoms with Crippen LogP contribution in [0.15, 0.2) is 30.3 Å². The summed E-state index contributed by atoms with van der Waals surface area (Å²) in [5.41, 5.74) is 0. The van der Waals surface area contributed by atoms with Crippen molar-refractivity contribution in [3.05, 3.63) is 30.3 Å². The summed E-state index contributed by atoms with van der Waals surface area (Å²) in [6.45, 7) is 5.96. The highest BCUT2D eigenvalue weighted by Gasteiger charge is 2.51. The van der Waals surface area contributed by atoms with Crippen LogP contribution < -0.4 is 4.74 Å². The molecule has 0 amide bonds. The molecular weight excluding hydrogens is 368 g/mol. The normalized spacial score (nSPS) is 13.5. The number of rotatable bonds is 15. The number of benzene rings is 1. The second kappa shape index (κ2) is 12.3. The van der Waals surface area contributed by atoms with Crippen LogP contribution in [0.2, 0.25) is 0 Å². The van der Waals surface area contributed by atoms with Crippen LogP contribution in [0.4, 0.5) is 0 Å². The lowest BCUT2D eigenvalue weighted by Crippen LogP contribution is -2.55. The molecule has 27 heavy (non-hydrogen) atoms. The van der Waals surface area contributed by atoms with Gasteiger partial charge in [0.05, 0.1) is 13.2 Å². The maximum Gasteiger partial charge on any atom is 0.347 e. The minimum atomic E-state index is -4.46. The molecule has 1 aromatic carbocycles. The summed E-state index contributed by atoms with van der Waals surface area (Å²) in [6.07, 6.45) is 6.17. The molecule has 1 atom stereocenters. The molecule has 7 heteroatoms. The summed E-state index contributed by atoms with van der Waals surface area (Å²) in [4.78, 5) is 0. The molecule has 0 aliphatic heterocycles. The van der Waals surface area contributed by atoms with Gasteiger partial charge in [-0.2, -0.15) is 8.42 Å². The number of ether oxygens (including phenoxy) is 3. The minimum Gasteiger partial charge on any atom is -0.438 e. The van der Waals surface area contributed by atoms with Crippen molar-refractivity contribution in [3.63, 3.8) is 0 Å². The van der Waals surface area contributed by atoms with Gasteiger partial charge in [-0.15, -0.1) is 0 Å². The first-order valence-electron chi connectivity index (χ1n) is 9.87. The van der Waals surface area contributed by atoms with Gasteiger partial charge in [0.15, 0.2) is 5.25 Å². The Morgan fingerprint density at radius 3 is 2.00 bits per heavy atom.